The van der Waals surface area contributed by atoms with E-state index in [9.17, 15) is 13.2 Å². The number of ether oxygens (including phenoxy) is 2. The fourth-order valence-corrected chi connectivity index (χ4v) is 8.91. The normalized spacial score (nSPS) is 24.0. The second-order valence-corrected chi connectivity index (χ2v) is 17.1. The second kappa shape index (κ2) is 12.3. The topological polar surface area (TPSA) is 136 Å². The Balaban J connectivity index is 1.35. The van der Waals surface area contributed by atoms with E-state index in [2.05, 4.69) is 35.5 Å². The van der Waals surface area contributed by atoms with Crippen molar-refractivity contribution in [2.24, 2.45) is 11.3 Å². The van der Waals surface area contributed by atoms with Crippen LogP contribution in [0.1, 0.15) is 87.1 Å². The van der Waals surface area contributed by atoms with Gasteiger partial charge in [0.25, 0.3) is 15.9 Å². The molecule has 1 aliphatic heterocycles. The second-order valence-electron chi connectivity index (χ2n) is 15.4. The van der Waals surface area contributed by atoms with Crippen molar-refractivity contribution in [3.8, 4) is 22.9 Å². The lowest BCUT2D eigenvalue weighted by Crippen LogP contribution is -2.77. The molecule has 1 N–H and O–H groups in total. The fourth-order valence-electron chi connectivity index (χ4n) is 7.92. The van der Waals surface area contributed by atoms with Crippen LogP contribution in [0.5, 0.6) is 11.6 Å². The first-order valence-electron chi connectivity index (χ1n) is 17.2. The van der Waals surface area contributed by atoms with Crippen molar-refractivity contribution < 1.29 is 22.7 Å². The van der Waals surface area contributed by atoms with Crippen molar-refractivity contribution in [3.05, 3.63) is 83.4 Å². The Morgan fingerprint density at radius 2 is 1.70 bits per heavy atom. The molecule has 2 atom stereocenters. The third-order valence-corrected chi connectivity index (χ3v) is 11.3. The summed E-state index contributed by atoms with van der Waals surface area (Å²) in [6, 6.07) is 13.5. The molecule has 11 nitrogen and oxygen atoms in total. The largest absolute Gasteiger partial charge is 0.488 e. The molecule has 0 saturated heterocycles. The van der Waals surface area contributed by atoms with Gasteiger partial charge in [-0.25, -0.2) is 28.1 Å². The number of aryl methyl sites for hydroxylation is 2. The van der Waals surface area contributed by atoms with Crippen molar-refractivity contribution >= 4 is 21.9 Å². The summed E-state index contributed by atoms with van der Waals surface area (Å²) in [4.78, 5) is 35.4. The minimum atomic E-state index is -4.18. The molecule has 3 fully saturated rings. The number of nitrogens with one attached hydrogen (secondary N) is 1. The molecule has 0 spiro atoms. The molecule has 4 aromatic rings. The number of benzene rings is 2. The van der Waals surface area contributed by atoms with Gasteiger partial charge in [0.2, 0.25) is 11.8 Å². The van der Waals surface area contributed by atoms with Gasteiger partial charge < -0.3 is 14.4 Å². The SMILES string of the molecule is Cc1cccc(C)c1-c1cc2nc(n1)NS(=O)(=O)c1cccc(c1)C(=O)N(C13CC(C1)C3c1ncc(OC(C)C)cn1)C(CC(C)(C)C)CO2. The highest BCUT2D eigenvalue weighted by molar-refractivity contribution is 7.92. The zero-order valence-corrected chi connectivity index (χ0v) is 30.4. The molecule has 3 heterocycles. The number of anilines is 1. The third kappa shape index (κ3) is 6.18. The number of rotatable bonds is 6. The lowest BCUT2D eigenvalue weighted by atomic mass is 9.41. The molecule has 0 radical (unpaired) electrons. The summed E-state index contributed by atoms with van der Waals surface area (Å²) in [6.07, 6.45) is 5.61. The van der Waals surface area contributed by atoms with E-state index >= 15 is 0 Å². The smallest absolute Gasteiger partial charge is 0.264 e. The maximum absolute atomic E-state index is 14.9. The molecule has 3 aliphatic carbocycles. The standard InChI is InChI=1S/C38H44N6O5S/c1-22(2)49-28-19-39-34(40-20-28)33-26-16-38(33,17-26)44-27(18-37(5,6)7)21-48-31-15-30(32-23(3)10-8-11-24(32)4)41-36(42-31)43-50(46,47)29-13-9-12-25(14-29)35(44)45/h8-15,19-20,22,26-27,33H,16-18,21H2,1-7H3,(H,41,42,43). The highest BCUT2D eigenvalue weighted by Crippen LogP contribution is 2.69. The van der Waals surface area contributed by atoms with Gasteiger partial charge in [-0.1, -0.05) is 45.0 Å². The van der Waals surface area contributed by atoms with Crippen molar-refractivity contribution in [1.29, 1.82) is 0 Å². The lowest BCUT2D eigenvalue weighted by Gasteiger charge is -2.72. The number of sulfonamides is 1. The third-order valence-electron chi connectivity index (χ3n) is 9.97. The van der Waals surface area contributed by atoms with Crippen LogP contribution in [0.15, 0.2) is 65.8 Å². The maximum atomic E-state index is 14.9. The Morgan fingerprint density at radius 3 is 2.32 bits per heavy atom. The van der Waals surface area contributed by atoms with Crippen LogP contribution in [0.3, 0.4) is 0 Å². The highest BCUT2D eigenvalue weighted by Gasteiger charge is 2.71. The van der Waals surface area contributed by atoms with Gasteiger partial charge in [0.1, 0.15) is 12.4 Å². The Labute approximate surface area is 293 Å². The molecule has 6 bridgehead atoms. The summed E-state index contributed by atoms with van der Waals surface area (Å²) < 4.78 is 42.5. The number of carbonyl (C=O) groups is 1. The molecule has 8 rings (SSSR count). The molecule has 262 valence electrons. The van der Waals surface area contributed by atoms with Crippen LogP contribution in [-0.2, 0) is 10.0 Å². The molecule has 4 aliphatic rings. The summed E-state index contributed by atoms with van der Waals surface area (Å²) >= 11 is 0. The first-order chi connectivity index (χ1) is 23.6. The molecule has 2 unspecified atom stereocenters. The van der Waals surface area contributed by atoms with Crippen molar-refractivity contribution in [2.75, 3.05) is 11.3 Å². The summed E-state index contributed by atoms with van der Waals surface area (Å²) in [6.45, 7) is 14.5. The van der Waals surface area contributed by atoms with Gasteiger partial charge in [-0.05, 0) is 87.6 Å². The molecule has 12 heteroatoms. The van der Waals surface area contributed by atoms with Gasteiger partial charge in [-0.15, -0.1) is 0 Å². The predicted octanol–water partition coefficient (Wildman–Crippen LogP) is 6.72. The van der Waals surface area contributed by atoms with Crippen molar-refractivity contribution in [1.82, 2.24) is 24.8 Å². The number of hydrogen-bond acceptors (Lipinski definition) is 9. The van der Waals surface area contributed by atoms with E-state index < -0.39 is 15.6 Å². The van der Waals surface area contributed by atoms with Crippen LogP contribution in [-0.4, -0.2) is 63.5 Å². The van der Waals surface area contributed by atoms with Crippen LogP contribution < -0.4 is 14.2 Å². The van der Waals surface area contributed by atoms with E-state index in [4.69, 9.17) is 19.4 Å². The average Bonchev–Trinajstić information content (AvgIpc) is 3.00. The zero-order chi connectivity index (χ0) is 35.6. The number of amides is 1. The van der Waals surface area contributed by atoms with E-state index in [0.717, 1.165) is 29.5 Å². The van der Waals surface area contributed by atoms with E-state index in [-0.39, 0.29) is 58.3 Å². The molecule has 50 heavy (non-hydrogen) atoms. The maximum Gasteiger partial charge on any atom is 0.264 e. The van der Waals surface area contributed by atoms with Gasteiger partial charge in [-0.2, -0.15) is 4.98 Å². The number of aromatic nitrogens is 4. The number of hydrogen-bond donors (Lipinski definition) is 1. The van der Waals surface area contributed by atoms with E-state index in [1.165, 1.54) is 12.1 Å². The molecule has 1 amide bonds. The minimum absolute atomic E-state index is 0.00669. The first-order valence-corrected chi connectivity index (χ1v) is 18.7. The van der Waals surface area contributed by atoms with Gasteiger partial charge in [0.15, 0.2) is 5.75 Å². The number of carbonyl (C=O) groups excluding carboxylic acids is 1. The van der Waals surface area contributed by atoms with Gasteiger partial charge in [-0.3, -0.25) is 4.79 Å². The first kappa shape index (κ1) is 33.9. The Bertz CT molecular complexity index is 2030. The average molecular weight is 697 g/mol. The fraction of sp³-hybridized carbons (Fsp3) is 0.447. The number of nitrogens with zero attached hydrogens (tertiary/aromatic N) is 5. The summed E-state index contributed by atoms with van der Waals surface area (Å²) in [5.74, 6) is 1.38. The van der Waals surface area contributed by atoms with Crippen molar-refractivity contribution in [3.63, 3.8) is 0 Å². The van der Waals surface area contributed by atoms with Gasteiger partial charge >= 0.3 is 0 Å². The molecular weight excluding hydrogens is 653 g/mol. The Hall–Kier alpha value is -4.58. The lowest BCUT2D eigenvalue weighted by molar-refractivity contribution is -0.174. The highest BCUT2D eigenvalue weighted by atomic mass is 32.2. The van der Waals surface area contributed by atoms with Crippen LogP contribution in [0, 0.1) is 25.2 Å². The zero-order valence-electron chi connectivity index (χ0n) is 29.6. The van der Waals surface area contributed by atoms with Crippen LogP contribution in [0.2, 0.25) is 0 Å². The summed E-state index contributed by atoms with van der Waals surface area (Å²) in [5.41, 5.74) is 2.91. The van der Waals surface area contributed by atoms with E-state index in [1.54, 1.807) is 30.6 Å². The Kier molecular flexibility index (Phi) is 8.36. The quantitative estimate of drug-likeness (QED) is 0.233. The van der Waals surface area contributed by atoms with E-state index in [1.807, 2.05) is 50.8 Å². The summed E-state index contributed by atoms with van der Waals surface area (Å²) in [7, 11) is -4.18. The predicted molar refractivity (Wildman–Crippen MR) is 190 cm³/mol. The molecule has 2 aromatic carbocycles. The van der Waals surface area contributed by atoms with E-state index in [0.29, 0.717) is 29.6 Å². The van der Waals surface area contributed by atoms with Crippen molar-refractivity contribution in [2.45, 2.75) is 96.2 Å². The molecule has 3 saturated carbocycles. The molecule has 2 aromatic heterocycles. The monoisotopic (exact) mass is 696 g/mol. The van der Waals surface area contributed by atoms with Crippen LogP contribution >= 0.6 is 0 Å². The Morgan fingerprint density at radius 1 is 1.02 bits per heavy atom. The summed E-state index contributed by atoms with van der Waals surface area (Å²) in [5, 5.41) is 0. The van der Waals surface area contributed by atoms with Gasteiger partial charge in [0, 0.05) is 23.1 Å². The van der Waals surface area contributed by atoms with Crippen LogP contribution in [0.4, 0.5) is 5.95 Å². The van der Waals surface area contributed by atoms with Gasteiger partial charge in [0.05, 0.1) is 40.7 Å². The molecular formula is C38H44N6O5S. The number of fused-ring (bicyclic) bond motifs is 4. The van der Waals surface area contributed by atoms with Crippen LogP contribution in [0.25, 0.3) is 11.3 Å². The minimum Gasteiger partial charge on any atom is -0.488 e.